The van der Waals surface area contributed by atoms with Gasteiger partial charge in [-0.25, -0.2) is 0 Å². The lowest BCUT2D eigenvalue weighted by molar-refractivity contribution is -0.710. The third-order valence-electron chi connectivity index (χ3n) is 1.50. The average molecular weight is 134 g/mol. The zero-order valence-electron chi connectivity index (χ0n) is 5.24. The van der Waals surface area contributed by atoms with Crippen LogP contribution in [0.15, 0.2) is 24.5 Å². The molecule has 3 heteroatoms. The summed E-state index contributed by atoms with van der Waals surface area (Å²) in [7, 11) is 0. The largest absolute Gasteiger partial charge is 0.624 e. The second-order valence-electron chi connectivity index (χ2n) is 2.13. The summed E-state index contributed by atoms with van der Waals surface area (Å²) >= 11 is 0. The standard InChI is InChI=1S/C7H6N2O/c10-9-5-3-6-7(9)2-1-4-8-6/h1-5,9H. The fraction of sp³-hybridized carbons (Fsp3) is 0. The van der Waals surface area contributed by atoms with E-state index in [2.05, 4.69) is 4.98 Å². The van der Waals surface area contributed by atoms with Crippen LogP contribution in [0.4, 0.5) is 5.69 Å². The van der Waals surface area contributed by atoms with Gasteiger partial charge in [-0.15, -0.1) is 0 Å². The summed E-state index contributed by atoms with van der Waals surface area (Å²) in [4.78, 5) is 4.00. The van der Waals surface area contributed by atoms with Crippen LogP contribution in [0.1, 0.15) is 5.69 Å². The highest BCUT2D eigenvalue weighted by Crippen LogP contribution is 2.11. The summed E-state index contributed by atoms with van der Waals surface area (Å²) < 4.78 is 0. The summed E-state index contributed by atoms with van der Waals surface area (Å²) in [5.74, 6) is 0. The SMILES string of the molecule is [O-][NH+]1C=Cc2ncccc21. The van der Waals surface area contributed by atoms with Crippen molar-refractivity contribution in [2.75, 3.05) is 0 Å². The monoisotopic (exact) mass is 134 g/mol. The second-order valence-corrected chi connectivity index (χ2v) is 2.13. The van der Waals surface area contributed by atoms with Crippen LogP contribution in [-0.4, -0.2) is 4.98 Å². The minimum absolute atomic E-state index is 0.0584. The summed E-state index contributed by atoms with van der Waals surface area (Å²) in [5.41, 5.74) is 1.50. The molecule has 0 spiro atoms. The first-order valence-corrected chi connectivity index (χ1v) is 3.05. The maximum Gasteiger partial charge on any atom is 0.161 e. The molecule has 50 valence electrons. The Morgan fingerprint density at radius 1 is 1.50 bits per heavy atom. The predicted octanol–water partition coefficient (Wildman–Crippen LogP) is 0.0801. The first-order chi connectivity index (χ1) is 4.88. The highest BCUT2D eigenvalue weighted by atomic mass is 16.5. The lowest BCUT2D eigenvalue weighted by Crippen LogP contribution is -2.95. The molecule has 1 aliphatic heterocycles. The molecule has 2 rings (SSSR count). The molecule has 0 fully saturated rings. The van der Waals surface area contributed by atoms with Gasteiger partial charge in [-0.1, -0.05) is 0 Å². The van der Waals surface area contributed by atoms with Crippen molar-refractivity contribution >= 4 is 11.8 Å². The summed E-state index contributed by atoms with van der Waals surface area (Å²) in [6, 6.07) is 3.55. The van der Waals surface area contributed by atoms with Gasteiger partial charge in [0.25, 0.3) is 0 Å². The maximum atomic E-state index is 10.9. The van der Waals surface area contributed by atoms with Crippen LogP contribution in [0.2, 0.25) is 0 Å². The third-order valence-corrected chi connectivity index (χ3v) is 1.50. The van der Waals surface area contributed by atoms with Crippen LogP contribution in [0, 0.1) is 5.21 Å². The van der Waals surface area contributed by atoms with E-state index in [9.17, 15) is 5.21 Å². The number of rotatable bonds is 0. The van der Waals surface area contributed by atoms with Gasteiger partial charge in [0.1, 0.15) is 11.9 Å². The highest BCUT2D eigenvalue weighted by Gasteiger charge is 2.11. The van der Waals surface area contributed by atoms with Crippen molar-refractivity contribution in [1.29, 1.82) is 0 Å². The van der Waals surface area contributed by atoms with Gasteiger partial charge in [0, 0.05) is 18.3 Å². The first-order valence-electron chi connectivity index (χ1n) is 3.05. The Morgan fingerprint density at radius 2 is 2.40 bits per heavy atom. The number of pyridine rings is 1. The average Bonchev–Trinajstić information content (AvgIpc) is 2.34. The molecule has 0 saturated carbocycles. The van der Waals surface area contributed by atoms with E-state index >= 15 is 0 Å². The Morgan fingerprint density at radius 3 is 3.20 bits per heavy atom. The Kier molecular flexibility index (Phi) is 1.06. The number of nitrogens with one attached hydrogen (secondary N) is 1. The molecule has 1 aromatic rings. The summed E-state index contributed by atoms with van der Waals surface area (Å²) in [5, 5.41) is 11.0. The lowest BCUT2D eigenvalue weighted by Gasteiger charge is -2.11. The Hall–Kier alpha value is -1.19. The van der Waals surface area contributed by atoms with E-state index in [-0.39, 0.29) is 5.06 Å². The number of hydrogen-bond donors (Lipinski definition) is 1. The quantitative estimate of drug-likeness (QED) is 0.510. The molecule has 0 bridgehead atoms. The molecule has 1 N–H and O–H groups in total. The Bertz CT molecular complexity index is 283. The van der Waals surface area contributed by atoms with Crippen molar-refractivity contribution in [3.8, 4) is 0 Å². The molecule has 1 aromatic heterocycles. The number of fused-ring (bicyclic) bond motifs is 1. The van der Waals surface area contributed by atoms with Crippen LogP contribution in [0.3, 0.4) is 0 Å². The zero-order chi connectivity index (χ0) is 6.97. The maximum absolute atomic E-state index is 10.9. The number of aromatic nitrogens is 1. The van der Waals surface area contributed by atoms with Gasteiger partial charge in [-0.3, -0.25) is 4.98 Å². The molecule has 0 aromatic carbocycles. The summed E-state index contributed by atoms with van der Waals surface area (Å²) in [6.45, 7) is 0. The molecule has 0 radical (unpaired) electrons. The van der Waals surface area contributed by atoms with Crippen molar-refractivity contribution in [2.45, 2.75) is 0 Å². The van der Waals surface area contributed by atoms with Gasteiger partial charge in [0.15, 0.2) is 5.69 Å². The molecule has 1 aliphatic rings. The number of nitrogens with zero attached hydrogens (tertiary/aromatic N) is 1. The molecule has 0 saturated heterocycles. The Balaban J connectivity index is 2.59. The van der Waals surface area contributed by atoms with E-state index in [0.717, 1.165) is 5.69 Å². The second kappa shape index (κ2) is 1.90. The molecule has 2 heterocycles. The molecule has 10 heavy (non-hydrogen) atoms. The van der Waals surface area contributed by atoms with Crippen LogP contribution < -0.4 is 5.06 Å². The molecule has 1 atom stereocenters. The minimum Gasteiger partial charge on any atom is -0.624 e. The van der Waals surface area contributed by atoms with E-state index in [4.69, 9.17) is 0 Å². The number of hydrogen-bond acceptors (Lipinski definition) is 2. The van der Waals surface area contributed by atoms with Crippen molar-refractivity contribution in [3.63, 3.8) is 0 Å². The van der Waals surface area contributed by atoms with Crippen molar-refractivity contribution < 1.29 is 5.06 Å². The van der Waals surface area contributed by atoms with Crippen molar-refractivity contribution in [2.24, 2.45) is 0 Å². The Labute approximate surface area is 58.2 Å². The first kappa shape index (κ1) is 5.58. The fourth-order valence-electron chi connectivity index (χ4n) is 1.00. The van der Waals surface area contributed by atoms with E-state index in [1.807, 2.05) is 0 Å². The van der Waals surface area contributed by atoms with E-state index < -0.39 is 0 Å². The van der Waals surface area contributed by atoms with Gasteiger partial charge in [-0.2, -0.15) is 0 Å². The topological polar surface area (TPSA) is 40.4 Å². The van der Waals surface area contributed by atoms with Crippen LogP contribution in [0.5, 0.6) is 0 Å². The molecule has 1 unspecified atom stereocenters. The molecule has 0 amide bonds. The van der Waals surface area contributed by atoms with Gasteiger partial charge in [-0.05, 0) is 6.07 Å². The van der Waals surface area contributed by atoms with Crippen molar-refractivity contribution in [3.05, 3.63) is 35.4 Å². The smallest absolute Gasteiger partial charge is 0.161 e. The highest BCUT2D eigenvalue weighted by molar-refractivity contribution is 5.59. The van der Waals surface area contributed by atoms with E-state index in [1.54, 1.807) is 24.4 Å². The minimum atomic E-state index is 0.0584. The fourth-order valence-corrected chi connectivity index (χ4v) is 1.00. The number of hydroxylamine groups is 1. The van der Waals surface area contributed by atoms with Crippen molar-refractivity contribution in [1.82, 2.24) is 4.98 Å². The molecule has 0 aliphatic carbocycles. The van der Waals surface area contributed by atoms with Crippen LogP contribution >= 0.6 is 0 Å². The van der Waals surface area contributed by atoms with E-state index in [1.165, 1.54) is 6.20 Å². The van der Waals surface area contributed by atoms with Gasteiger partial charge >= 0.3 is 0 Å². The van der Waals surface area contributed by atoms with Gasteiger partial charge < -0.3 is 10.3 Å². The van der Waals surface area contributed by atoms with Gasteiger partial charge in [0.05, 0.1) is 0 Å². The molecule has 3 nitrogen and oxygen atoms in total. The number of quaternary nitrogens is 1. The van der Waals surface area contributed by atoms with Crippen LogP contribution in [-0.2, 0) is 0 Å². The molecular weight excluding hydrogens is 128 g/mol. The summed E-state index contributed by atoms with van der Waals surface area (Å²) in [6.07, 6.45) is 4.96. The van der Waals surface area contributed by atoms with Gasteiger partial charge in [0.2, 0.25) is 0 Å². The zero-order valence-corrected chi connectivity index (χ0v) is 5.24. The normalized spacial score (nSPS) is 21.1. The van der Waals surface area contributed by atoms with Crippen LogP contribution in [0.25, 0.3) is 6.08 Å². The predicted molar refractivity (Wildman–Crippen MR) is 37.3 cm³/mol. The third kappa shape index (κ3) is 0.650. The lowest BCUT2D eigenvalue weighted by atomic mass is 10.3. The van der Waals surface area contributed by atoms with E-state index in [0.29, 0.717) is 5.69 Å². The molecular formula is C7H6N2O.